The van der Waals surface area contributed by atoms with Gasteiger partial charge in [-0.3, -0.25) is 0 Å². The molecule has 2 nitrogen and oxygen atoms in total. The first-order valence-electron chi connectivity index (χ1n) is 5.84. The Morgan fingerprint density at radius 3 is 3.00 bits per heavy atom. The molecule has 88 valence electrons. The predicted molar refractivity (Wildman–Crippen MR) is 66.7 cm³/mol. The molecule has 0 saturated carbocycles. The van der Waals surface area contributed by atoms with E-state index in [9.17, 15) is 0 Å². The lowest BCUT2D eigenvalue weighted by molar-refractivity contribution is 0.0130. The van der Waals surface area contributed by atoms with Crippen molar-refractivity contribution in [3.05, 3.63) is 34.9 Å². The molecule has 0 bridgehead atoms. The summed E-state index contributed by atoms with van der Waals surface area (Å²) in [5.41, 5.74) is 1.17. The average molecular weight is 240 g/mol. The molecule has 0 amide bonds. The van der Waals surface area contributed by atoms with Gasteiger partial charge < -0.3 is 10.1 Å². The van der Waals surface area contributed by atoms with Crippen molar-refractivity contribution in [1.82, 2.24) is 5.32 Å². The summed E-state index contributed by atoms with van der Waals surface area (Å²) in [6, 6.07) is 8.54. The molecule has 2 atom stereocenters. The van der Waals surface area contributed by atoms with Crippen LogP contribution in [0.1, 0.15) is 25.3 Å². The highest BCUT2D eigenvalue weighted by molar-refractivity contribution is 6.31. The van der Waals surface area contributed by atoms with Gasteiger partial charge in [0.25, 0.3) is 0 Å². The van der Waals surface area contributed by atoms with E-state index in [0.717, 1.165) is 31.0 Å². The zero-order valence-electron chi connectivity index (χ0n) is 9.58. The smallest absolute Gasteiger partial charge is 0.0561 e. The highest BCUT2D eigenvalue weighted by Gasteiger charge is 2.18. The van der Waals surface area contributed by atoms with Crippen molar-refractivity contribution < 1.29 is 4.74 Å². The van der Waals surface area contributed by atoms with Gasteiger partial charge in [0.2, 0.25) is 0 Å². The number of halogens is 1. The highest BCUT2D eigenvalue weighted by Crippen LogP contribution is 2.17. The molecular formula is C13H18ClNO. The topological polar surface area (TPSA) is 21.3 Å². The summed E-state index contributed by atoms with van der Waals surface area (Å²) >= 11 is 6.11. The number of hydrogen-bond acceptors (Lipinski definition) is 2. The maximum atomic E-state index is 6.11. The van der Waals surface area contributed by atoms with Gasteiger partial charge in [0, 0.05) is 24.2 Å². The molecule has 1 N–H and O–H groups in total. The quantitative estimate of drug-likeness (QED) is 0.876. The van der Waals surface area contributed by atoms with E-state index in [-0.39, 0.29) is 0 Å². The lowest BCUT2D eigenvalue weighted by Gasteiger charge is -2.28. The van der Waals surface area contributed by atoms with Crippen LogP contribution in [-0.2, 0) is 11.3 Å². The van der Waals surface area contributed by atoms with Gasteiger partial charge in [-0.25, -0.2) is 0 Å². The van der Waals surface area contributed by atoms with Crippen molar-refractivity contribution in [2.75, 3.05) is 6.61 Å². The van der Waals surface area contributed by atoms with Crippen LogP contribution >= 0.6 is 11.6 Å². The predicted octanol–water partition coefficient (Wildman–Crippen LogP) is 3.00. The minimum atomic E-state index is 0.373. The van der Waals surface area contributed by atoms with E-state index in [0.29, 0.717) is 12.1 Å². The van der Waals surface area contributed by atoms with Crippen molar-refractivity contribution >= 4 is 11.6 Å². The van der Waals surface area contributed by atoms with Crippen LogP contribution < -0.4 is 5.32 Å². The van der Waals surface area contributed by atoms with Crippen LogP contribution in [0.3, 0.4) is 0 Å². The lowest BCUT2D eigenvalue weighted by Crippen LogP contribution is -2.37. The molecule has 0 spiro atoms. The summed E-state index contributed by atoms with van der Waals surface area (Å²) in [7, 11) is 0. The number of benzene rings is 1. The number of ether oxygens (including phenoxy) is 1. The van der Waals surface area contributed by atoms with Crippen LogP contribution in [0.2, 0.25) is 5.02 Å². The van der Waals surface area contributed by atoms with Gasteiger partial charge in [-0.15, -0.1) is 0 Å². The summed E-state index contributed by atoms with van der Waals surface area (Å²) in [6.07, 6.45) is 2.55. The second-order valence-corrected chi connectivity index (χ2v) is 4.78. The van der Waals surface area contributed by atoms with Crippen LogP contribution in [-0.4, -0.2) is 18.8 Å². The maximum Gasteiger partial charge on any atom is 0.0561 e. The SMILES string of the molecule is CC1CC(NCc2ccccc2Cl)CCO1. The number of nitrogens with one attached hydrogen (secondary N) is 1. The van der Waals surface area contributed by atoms with E-state index < -0.39 is 0 Å². The van der Waals surface area contributed by atoms with E-state index in [1.807, 2.05) is 18.2 Å². The molecule has 0 radical (unpaired) electrons. The Balaban J connectivity index is 1.85. The van der Waals surface area contributed by atoms with Gasteiger partial charge in [0.05, 0.1) is 6.10 Å². The van der Waals surface area contributed by atoms with Crippen molar-refractivity contribution in [2.24, 2.45) is 0 Å². The van der Waals surface area contributed by atoms with Crippen molar-refractivity contribution in [3.8, 4) is 0 Å². The molecule has 2 rings (SSSR count). The Morgan fingerprint density at radius 1 is 1.44 bits per heavy atom. The van der Waals surface area contributed by atoms with E-state index in [2.05, 4.69) is 18.3 Å². The molecule has 1 heterocycles. The maximum absolute atomic E-state index is 6.11. The molecular weight excluding hydrogens is 222 g/mol. The zero-order valence-corrected chi connectivity index (χ0v) is 10.3. The summed E-state index contributed by atoms with van der Waals surface area (Å²) in [5.74, 6) is 0. The molecule has 16 heavy (non-hydrogen) atoms. The Kier molecular flexibility index (Phi) is 4.22. The summed E-state index contributed by atoms with van der Waals surface area (Å²) in [5, 5.41) is 4.39. The lowest BCUT2D eigenvalue weighted by atomic mass is 10.0. The molecule has 1 aliphatic heterocycles. The Morgan fingerprint density at radius 2 is 2.25 bits per heavy atom. The Hall–Kier alpha value is -0.570. The second-order valence-electron chi connectivity index (χ2n) is 4.38. The van der Waals surface area contributed by atoms with Gasteiger partial charge >= 0.3 is 0 Å². The monoisotopic (exact) mass is 239 g/mol. The Labute approximate surface area is 102 Å². The normalized spacial score (nSPS) is 25.6. The minimum absolute atomic E-state index is 0.373. The third-order valence-electron chi connectivity index (χ3n) is 3.02. The minimum Gasteiger partial charge on any atom is -0.378 e. The van der Waals surface area contributed by atoms with Crippen molar-refractivity contribution in [1.29, 1.82) is 0 Å². The van der Waals surface area contributed by atoms with Crippen LogP contribution in [0.15, 0.2) is 24.3 Å². The first-order valence-corrected chi connectivity index (χ1v) is 6.22. The summed E-state index contributed by atoms with van der Waals surface area (Å²) < 4.78 is 5.52. The second kappa shape index (κ2) is 5.67. The standard InChI is InChI=1S/C13H18ClNO/c1-10-8-12(6-7-16-10)15-9-11-4-2-3-5-13(11)14/h2-5,10,12,15H,6-9H2,1H3. The van der Waals surface area contributed by atoms with Gasteiger partial charge in [-0.1, -0.05) is 29.8 Å². The molecule has 1 fully saturated rings. The van der Waals surface area contributed by atoms with Crippen LogP contribution in [0.5, 0.6) is 0 Å². The third-order valence-corrected chi connectivity index (χ3v) is 3.39. The molecule has 1 aromatic carbocycles. The van der Waals surface area contributed by atoms with Crippen molar-refractivity contribution in [3.63, 3.8) is 0 Å². The largest absolute Gasteiger partial charge is 0.378 e. The first kappa shape index (κ1) is 11.9. The van der Waals surface area contributed by atoms with Crippen LogP contribution in [0.25, 0.3) is 0 Å². The van der Waals surface area contributed by atoms with Crippen LogP contribution in [0.4, 0.5) is 0 Å². The van der Waals surface area contributed by atoms with Gasteiger partial charge in [0.1, 0.15) is 0 Å². The highest BCUT2D eigenvalue weighted by atomic mass is 35.5. The van der Waals surface area contributed by atoms with Gasteiger partial charge in [-0.05, 0) is 31.4 Å². The van der Waals surface area contributed by atoms with E-state index >= 15 is 0 Å². The van der Waals surface area contributed by atoms with E-state index in [1.54, 1.807) is 0 Å². The van der Waals surface area contributed by atoms with Gasteiger partial charge in [0.15, 0.2) is 0 Å². The fourth-order valence-electron chi connectivity index (χ4n) is 2.08. The van der Waals surface area contributed by atoms with Crippen LogP contribution in [0, 0.1) is 0 Å². The fourth-order valence-corrected chi connectivity index (χ4v) is 2.28. The fraction of sp³-hybridized carbons (Fsp3) is 0.538. The molecule has 1 saturated heterocycles. The molecule has 2 unspecified atom stereocenters. The van der Waals surface area contributed by atoms with Gasteiger partial charge in [-0.2, -0.15) is 0 Å². The third kappa shape index (κ3) is 3.21. The van der Waals surface area contributed by atoms with E-state index in [4.69, 9.17) is 16.3 Å². The van der Waals surface area contributed by atoms with E-state index in [1.165, 1.54) is 5.56 Å². The first-order chi connectivity index (χ1) is 7.75. The molecule has 0 aliphatic carbocycles. The summed E-state index contributed by atoms with van der Waals surface area (Å²) in [4.78, 5) is 0. The van der Waals surface area contributed by atoms with Crippen molar-refractivity contribution in [2.45, 2.75) is 38.5 Å². The molecule has 3 heteroatoms. The molecule has 1 aliphatic rings. The molecule has 0 aromatic heterocycles. The zero-order chi connectivity index (χ0) is 11.4. The Bertz CT molecular complexity index is 342. The molecule has 1 aromatic rings. The average Bonchev–Trinajstić information content (AvgIpc) is 2.28. The number of hydrogen-bond donors (Lipinski definition) is 1. The summed E-state index contributed by atoms with van der Waals surface area (Å²) in [6.45, 7) is 3.84. The number of rotatable bonds is 3.